The Morgan fingerprint density at radius 3 is 2.31 bits per heavy atom. The Morgan fingerprint density at radius 2 is 1.75 bits per heavy atom. The lowest BCUT2D eigenvalue weighted by Crippen LogP contribution is -2.52. The minimum absolute atomic E-state index is 0.0152. The average Bonchev–Trinajstić information content (AvgIpc) is 3.28. The molecule has 2 unspecified atom stereocenters. The highest BCUT2D eigenvalue weighted by Gasteiger charge is 2.39. The molecular weight excluding hydrogens is 422 g/mol. The first-order valence-electron chi connectivity index (χ1n) is 12.4. The Balaban J connectivity index is 1.66. The van der Waals surface area contributed by atoms with E-state index < -0.39 is 0 Å². The van der Waals surface area contributed by atoms with Crippen molar-refractivity contribution in [2.75, 3.05) is 20.1 Å². The van der Waals surface area contributed by atoms with Gasteiger partial charge >= 0.3 is 0 Å². The Hall–Kier alpha value is -1.59. The van der Waals surface area contributed by atoms with Crippen molar-refractivity contribution < 1.29 is 9.59 Å². The highest BCUT2D eigenvalue weighted by Crippen LogP contribution is 2.33. The molecule has 3 rings (SSSR count). The summed E-state index contributed by atoms with van der Waals surface area (Å²) in [6.07, 6.45) is 7.34. The molecule has 1 saturated carbocycles. The van der Waals surface area contributed by atoms with Gasteiger partial charge in [-0.05, 0) is 69.2 Å². The van der Waals surface area contributed by atoms with Crippen molar-refractivity contribution in [2.45, 2.75) is 83.8 Å². The third-order valence-corrected chi connectivity index (χ3v) is 7.66. The fourth-order valence-corrected chi connectivity index (χ4v) is 5.47. The van der Waals surface area contributed by atoms with Crippen LogP contribution in [0.15, 0.2) is 24.3 Å². The molecule has 1 aromatic rings. The van der Waals surface area contributed by atoms with Gasteiger partial charge in [0.1, 0.15) is 0 Å². The molecule has 178 valence electrons. The van der Waals surface area contributed by atoms with Crippen LogP contribution in [0.25, 0.3) is 0 Å². The molecule has 2 atom stereocenters. The molecule has 5 nitrogen and oxygen atoms in total. The molecule has 2 amide bonds. The van der Waals surface area contributed by atoms with Crippen molar-refractivity contribution in [2.24, 2.45) is 11.8 Å². The molecule has 1 heterocycles. The van der Waals surface area contributed by atoms with Gasteiger partial charge in [0.05, 0.1) is 12.1 Å². The maximum atomic E-state index is 13.3. The van der Waals surface area contributed by atoms with Gasteiger partial charge in [-0.2, -0.15) is 0 Å². The van der Waals surface area contributed by atoms with E-state index in [1.54, 1.807) is 0 Å². The maximum absolute atomic E-state index is 13.3. The molecule has 6 heteroatoms. The van der Waals surface area contributed by atoms with E-state index in [9.17, 15) is 9.59 Å². The first-order valence-corrected chi connectivity index (χ1v) is 12.7. The first-order chi connectivity index (χ1) is 15.3. The largest absolute Gasteiger partial charge is 0.339 e. The quantitative estimate of drug-likeness (QED) is 0.619. The third-order valence-electron chi connectivity index (χ3n) is 7.40. The fraction of sp³-hybridized carbons (Fsp3) is 0.692. The molecule has 0 aromatic heterocycles. The Kier molecular flexibility index (Phi) is 9.01. The number of amides is 2. The van der Waals surface area contributed by atoms with Gasteiger partial charge in [-0.25, -0.2) is 0 Å². The van der Waals surface area contributed by atoms with Gasteiger partial charge in [-0.15, -0.1) is 0 Å². The van der Waals surface area contributed by atoms with Gasteiger partial charge in [0, 0.05) is 30.1 Å². The van der Waals surface area contributed by atoms with Crippen molar-refractivity contribution in [3.8, 4) is 0 Å². The monoisotopic (exact) mass is 461 g/mol. The number of likely N-dealkylation sites (N-methyl/N-ethyl adjacent to an activating group) is 1. The summed E-state index contributed by atoms with van der Waals surface area (Å²) in [7, 11) is 1.84. The van der Waals surface area contributed by atoms with E-state index in [-0.39, 0.29) is 29.8 Å². The molecule has 32 heavy (non-hydrogen) atoms. The number of rotatable bonds is 8. The lowest BCUT2D eigenvalue weighted by atomic mass is 9.83. The highest BCUT2D eigenvalue weighted by atomic mass is 35.5. The van der Waals surface area contributed by atoms with Gasteiger partial charge in [-0.1, -0.05) is 50.9 Å². The number of hydrogen-bond donors (Lipinski definition) is 1. The van der Waals surface area contributed by atoms with Crippen LogP contribution in [0.4, 0.5) is 0 Å². The molecule has 0 spiro atoms. The van der Waals surface area contributed by atoms with Crippen molar-refractivity contribution in [3.63, 3.8) is 0 Å². The summed E-state index contributed by atoms with van der Waals surface area (Å²) < 4.78 is 0. The Labute approximate surface area is 198 Å². The minimum atomic E-state index is -0.274. The number of likely N-dealkylation sites (tertiary alicyclic amines) is 1. The zero-order valence-corrected chi connectivity index (χ0v) is 20.9. The minimum Gasteiger partial charge on any atom is -0.339 e. The zero-order valence-electron chi connectivity index (χ0n) is 20.1. The summed E-state index contributed by atoms with van der Waals surface area (Å²) in [5.74, 6) is 1.15. The number of carbonyl (C=O) groups is 2. The van der Waals surface area contributed by atoms with Crippen LogP contribution in [0.1, 0.15) is 64.9 Å². The molecule has 1 N–H and O–H groups in total. The standard InChI is InChI=1S/C26H40ClN3O2/c1-5-19-8-12-22(13-9-19)30(25(31)18(2)3)23-14-15-29(17-23)26(32)24(28-4)16-20-6-10-21(27)11-7-20/h6-7,10-11,18-19,22-24,28H,5,8-9,12-17H2,1-4H3. The van der Waals surface area contributed by atoms with Crippen LogP contribution in [0.5, 0.6) is 0 Å². The molecule has 2 aliphatic rings. The number of nitrogens with one attached hydrogen (secondary N) is 1. The number of nitrogens with zero attached hydrogens (tertiary/aromatic N) is 2. The van der Waals surface area contributed by atoms with Crippen molar-refractivity contribution in [1.29, 1.82) is 0 Å². The summed E-state index contributed by atoms with van der Waals surface area (Å²) in [6, 6.07) is 7.85. The molecule has 2 fully saturated rings. The van der Waals surface area contributed by atoms with Gasteiger partial charge in [-0.3, -0.25) is 9.59 Å². The van der Waals surface area contributed by atoms with E-state index in [2.05, 4.69) is 17.1 Å². The van der Waals surface area contributed by atoms with E-state index >= 15 is 0 Å². The van der Waals surface area contributed by atoms with Crippen LogP contribution in [-0.2, 0) is 16.0 Å². The lowest BCUT2D eigenvalue weighted by molar-refractivity contribution is -0.141. The molecule has 0 radical (unpaired) electrons. The van der Waals surface area contributed by atoms with Crippen LogP contribution < -0.4 is 5.32 Å². The SMILES string of the molecule is CCC1CCC(N(C(=O)C(C)C)C2CCN(C(=O)C(Cc3ccc(Cl)cc3)NC)C2)CC1. The number of benzene rings is 1. The predicted octanol–water partition coefficient (Wildman–Crippen LogP) is 4.52. The van der Waals surface area contributed by atoms with Crippen molar-refractivity contribution in [1.82, 2.24) is 15.1 Å². The molecule has 1 aromatic carbocycles. The summed E-state index contributed by atoms with van der Waals surface area (Å²) >= 11 is 6.00. The predicted molar refractivity (Wildman–Crippen MR) is 131 cm³/mol. The number of halogens is 1. The Morgan fingerprint density at radius 1 is 1.09 bits per heavy atom. The van der Waals surface area contributed by atoms with E-state index in [0.717, 1.165) is 30.7 Å². The van der Waals surface area contributed by atoms with E-state index in [0.29, 0.717) is 30.6 Å². The first kappa shape index (κ1) is 25.0. The smallest absolute Gasteiger partial charge is 0.240 e. The van der Waals surface area contributed by atoms with Crippen LogP contribution in [0.2, 0.25) is 5.02 Å². The normalized spacial score (nSPS) is 24.6. The van der Waals surface area contributed by atoms with E-state index in [4.69, 9.17) is 11.6 Å². The molecule has 0 bridgehead atoms. The second kappa shape index (κ2) is 11.5. The van der Waals surface area contributed by atoms with Gasteiger partial charge < -0.3 is 15.1 Å². The second-order valence-electron chi connectivity index (χ2n) is 9.88. The molecule has 1 saturated heterocycles. The second-order valence-corrected chi connectivity index (χ2v) is 10.3. The molecule has 1 aliphatic heterocycles. The van der Waals surface area contributed by atoms with E-state index in [1.807, 2.05) is 50.1 Å². The summed E-state index contributed by atoms with van der Waals surface area (Å²) in [5.41, 5.74) is 1.09. The third kappa shape index (κ3) is 6.05. The van der Waals surface area contributed by atoms with Crippen molar-refractivity contribution >= 4 is 23.4 Å². The van der Waals surface area contributed by atoms with Gasteiger partial charge in [0.25, 0.3) is 0 Å². The topological polar surface area (TPSA) is 52.7 Å². The highest BCUT2D eigenvalue weighted by molar-refractivity contribution is 6.30. The van der Waals surface area contributed by atoms with E-state index in [1.165, 1.54) is 19.3 Å². The zero-order chi connectivity index (χ0) is 23.3. The summed E-state index contributed by atoms with van der Waals surface area (Å²) in [6.45, 7) is 7.62. The average molecular weight is 462 g/mol. The molecule has 1 aliphatic carbocycles. The maximum Gasteiger partial charge on any atom is 0.240 e. The van der Waals surface area contributed by atoms with Crippen LogP contribution in [-0.4, -0.2) is 59.9 Å². The Bertz CT molecular complexity index is 759. The van der Waals surface area contributed by atoms with Gasteiger partial charge in [0.2, 0.25) is 11.8 Å². The van der Waals surface area contributed by atoms with Crippen molar-refractivity contribution in [3.05, 3.63) is 34.9 Å². The summed E-state index contributed by atoms with van der Waals surface area (Å²) in [5, 5.41) is 3.90. The summed E-state index contributed by atoms with van der Waals surface area (Å²) in [4.78, 5) is 30.7. The van der Waals surface area contributed by atoms with Crippen LogP contribution in [0.3, 0.4) is 0 Å². The van der Waals surface area contributed by atoms with Crippen LogP contribution in [0, 0.1) is 11.8 Å². The number of hydrogen-bond acceptors (Lipinski definition) is 3. The lowest BCUT2D eigenvalue weighted by Gasteiger charge is -2.41. The van der Waals surface area contributed by atoms with Crippen LogP contribution >= 0.6 is 11.6 Å². The fourth-order valence-electron chi connectivity index (χ4n) is 5.35. The number of carbonyl (C=O) groups excluding carboxylic acids is 2. The molecular formula is C26H40ClN3O2. The van der Waals surface area contributed by atoms with Gasteiger partial charge in [0.15, 0.2) is 0 Å².